The first-order valence-electron chi connectivity index (χ1n) is 8.16. The van der Waals surface area contributed by atoms with Crippen LogP contribution >= 0.6 is 0 Å². The van der Waals surface area contributed by atoms with Crippen molar-refractivity contribution in [1.82, 2.24) is 14.4 Å². The van der Waals surface area contributed by atoms with Gasteiger partial charge in [0.05, 0.1) is 19.3 Å². The van der Waals surface area contributed by atoms with Crippen molar-refractivity contribution >= 4 is 28.1 Å². The van der Waals surface area contributed by atoms with Crippen LogP contribution in [0.15, 0.2) is 47.4 Å². The minimum Gasteiger partial charge on any atom is -0.493 e. The van der Waals surface area contributed by atoms with Gasteiger partial charge in [-0.05, 0) is 43.3 Å². The van der Waals surface area contributed by atoms with E-state index in [-0.39, 0.29) is 11.1 Å². The Labute approximate surface area is 148 Å². The molecule has 1 aromatic carbocycles. The number of benzene rings is 1. The summed E-state index contributed by atoms with van der Waals surface area (Å²) in [7, 11) is 1.52. The third-order valence-corrected chi connectivity index (χ3v) is 4.31. The van der Waals surface area contributed by atoms with Crippen molar-refractivity contribution in [2.24, 2.45) is 0 Å². The first-order chi connectivity index (χ1) is 12.6. The number of fused-ring (bicyclic) bond motifs is 2. The second kappa shape index (κ2) is 6.20. The van der Waals surface area contributed by atoms with E-state index in [0.717, 1.165) is 22.3 Å². The number of H-pyrrole nitrogens is 1. The minimum absolute atomic E-state index is 0.195. The number of anilines is 2. The number of pyridine rings is 1. The highest BCUT2D eigenvalue weighted by atomic mass is 16.5. The Hall–Kier alpha value is -3.32. The molecule has 0 fully saturated rings. The predicted octanol–water partition coefficient (Wildman–Crippen LogP) is 2.73. The molecule has 0 amide bonds. The van der Waals surface area contributed by atoms with Crippen molar-refractivity contribution < 1.29 is 9.84 Å². The van der Waals surface area contributed by atoms with Gasteiger partial charge in [-0.25, -0.2) is 4.98 Å². The molecule has 3 aromatic heterocycles. The Morgan fingerprint density at radius 3 is 2.92 bits per heavy atom. The van der Waals surface area contributed by atoms with Crippen LogP contribution in [-0.4, -0.2) is 26.6 Å². The molecule has 0 unspecified atom stereocenters. The van der Waals surface area contributed by atoms with Crippen LogP contribution in [0.5, 0.6) is 5.75 Å². The summed E-state index contributed by atoms with van der Waals surface area (Å²) in [5.74, 6) is 0.794. The number of nitrogens with zero attached hydrogens (tertiary/aromatic N) is 2. The fourth-order valence-electron chi connectivity index (χ4n) is 3.07. The average Bonchev–Trinajstić information content (AvgIpc) is 3.01. The Balaban J connectivity index is 1.87. The molecule has 4 rings (SSSR count). The van der Waals surface area contributed by atoms with E-state index < -0.39 is 6.61 Å². The zero-order valence-corrected chi connectivity index (χ0v) is 14.4. The number of aliphatic hydroxyl groups excluding tert-OH is 1. The van der Waals surface area contributed by atoms with E-state index in [2.05, 4.69) is 15.3 Å². The van der Waals surface area contributed by atoms with Gasteiger partial charge in [0, 0.05) is 28.5 Å². The lowest BCUT2D eigenvalue weighted by Crippen LogP contribution is -2.22. The SMILES string of the molecule is COc1cccn2c(=O)c(CO)c(Nc3ccc4[nH]c(C)cc4c3)nc12. The maximum Gasteiger partial charge on any atom is 0.265 e. The Morgan fingerprint density at radius 2 is 2.15 bits per heavy atom. The zero-order chi connectivity index (χ0) is 18.3. The number of hydrogen-bond donors (Lipinski definition) is 3. The zero-order valence-electron chi connectivity index (χ0n) is 14.4. The molecule has 0 aliphatic rings. The highest BCUT2D eigenvalue weighted by Gasteiger charge is 2.15. The molecule has 4 aromatic rings. The summed E-state index contributed by atoms with van der Waals surface area (Å²) in [5.41, 5.74) is 3.12. The molecule has 0 bridgehead atoms. The van der Waals surface area contributed by atoms with E-state index in [4.69, 9.17) is 4.74 Å². The molecule has 0 atom stereocenters. The molecule has 132 valence electrons. The summed E-state index contributed by atoms with van der Waals surface area (Å²) in [6, 6.07) is 11.3. The van der Waals surface area contributed by atoms with Gasteiger partial charge in [0.1, 0.15) is 5.82 Å². The van der Waals surface area contributed by atoms with Gasteiger partial charge >= 0.3 is 0 Å². The largest absolute Gasteiger partial charge is 0.493 e. The van der Waals surface area contributed by atoms with Gasteiger partial charge in [-0.2, -0.15) is 0 Å². The molecule has 0 aliphatic carbocycles. The molecule has 3 heterocycles. The lowest BCUT2D eigenvalue weighted by atomic mass is 10.2. The summed E-state index contributed by atoms with van der Waals surface area (Å²) >= 11 is 0. The van der Waals surface area contributed by atoms with Crippen LogP contribution < -0.4 is 15.6 Å². The second-order valence-electron chi connectivity index (χ2n) is 6.05. The van der Waals surface area contributed by atoms with Crippen molar-refractivity contribution in [1.29, 1.82) is 0 Å². The third-order valence-electron chi connectivity index (χ3n) is 4.31. The van der Waals surface area contributed by atoms with Crippen LogP contribution in [0.3, 0.4) is 0 Å². The van der Waals surface area contributed by atoms with Gasteiger partial charge < -0.3 is 20.1 Å². The fourth-order valence-corrected chi connectivity index (χ4v) is 3.07. The quantitative estimate of drug-likeness (QED) is 0.526. The monoisotopic (exact) mass is 350 g/mol. The molecule has 0 radical (unpaired) electrons. The van der Waals surface area contributed by atoms with Crippen LogP contribution in [0.2, 0.25) is 0 Å². The highest BCUT2D eigenvalue weighted by molar-refractivity contribution is 5.85. The molecular formula is C19H18N4O3. The maximum atomic E-state index is 12.7. The molecule has 0 aliphatic heterocycles. The third kappa shape index (κ3) is 2.58. The van der Waals surface area contributed by atoms with Crippen LogP contribution in [0.25, 0.3) is 16.6 Å². The minimum atomic E-state index is -0.417. The summed E-state index contributed by atoms with van der Waals surface area (Å²) < 4.78 is 6.67. The number of hydrogen-bond acceptors (Lipinski definition) is 5. The van der Waals surface area contributed by atoms with Crippen molar-refractivity contribution in [2.75, 3.05) is 12.4 Å². The van der Waals surface area contributed by atoms with Gasteiger partial charge in [-0.15, -0.1) is 0 Å². The maximum absolute atomic E-state index is 12.7. The van der Waals surface area contributed by atoms with E-state index in [0.29, 0.717) is 17.2 Å². The number of rotatable bonds is 4. The van der Waals surface area contributed by atoms with Crippen LogP contribution in [0.1, 0.15) is 11.3 Å². The standard InChI is InChI=1S/C19H18N4O3/c1-11-8-12-9-13(5-6-15(12)20-11)21-17-14(10-24)19(25)23-7-3-4-16(26-2)18(23)22-17/h3-9,20-21,24H,10H2,1-2H3. The number of aromatic amines is 1. The summed E-state index contributed by atoms with van der Waals surface area (Å²) in [5, 5.41) is 13.9. The van der Waals surface area contributed by atoms with E-state index in [9.17, 15) is 9.90 Å². The number of aliphatic hydroxyl groups is 1. The Morgan fingerprint density at radius 1 is 1.31 bits per heavy atom. The second-order valence-corrected chi connectivity index (χ2v) is 6.05. The van der Waals surface area contributed by atoms with Crippen LogP contribution in [-0.2, 0) is 6.61 Å². The molecule has 3 N–H and O–H groups in total. The van der Waals surface area contributed by atoms with E-state index in [1.54, 1.807) is 18.3 Å². The van der Waals surface area contributed by atoms with Gasteiger partial charge in [0.2, 0.25) is 0 Å². The average molecular weight is 350 g/mol. The Kier molecular flexibility index (Phi) is 3.85. The molecule has 26 heavy (non-hydrogen) atoms. The van der Waals surface area contributed by atoms with Gasteiger partial charge in [-0.3, -0.25) is 9.20 Å². The van der Waals surface area contributed by atoms with E-state index in [1.165, 1.54) is 11.5 Å². The van der Waals surface area contributed by atoms with Crippen molar-refractivity contribution in [2.45, 2.75) is 13.5 Å². The summed E-state index contributed by atoms with van der Waals surface area (Å²) in [6.45, 7) is 1.58. The van der Waals surface area contributed by atoms with Crippen molar-refractivity contribution in [3.05, 3.63) is 64.2 Å². The molecule has 0 saturated heterocycles. The molecule has 7 heteroatoms. The van der Waals surface area contributed by atoms with Crippen LogP contribution in [0, 0.1) is 6.92 Å². The lowest BCUT2D eigenvalue weighted by Gasteiger charge is -2.13. The van der Waals surface area contributed by atoms with E-state index >= 15 is 0 Å². The number of aromatic nitrogens is 3. The normalized spacial score (nSPS) is 11.2. The number of methoxy groups -OCH3 is 1. The molecule has 0 saturated carbocycles. The number of ether oxygens (including phenoxy) is 1. The molecule has 0 spiro atoms. The van der Waals surface area contributed by atoms with Gasteiger partial charge in [-0.1, -0.05) is 0 Å². The number of nitrogens with one attached hydrogen (secondary N) is 2. The highest BCUT2D eigenvalue weighted by Crippen LogP contribution is 2.25. The fraction of sp³-hybridized carbons (Fsp3) is 0.158. The smallest absolute Gasteiger partial charge is 0.265 e. The topological polar surface area (TPSA) is 91.6 Å². The van der Waals surface area contributed by atoms with Gasteiger partial charge in [0.15, 0.2) is 11.4 Å². The van der Waals surface area contributed by atoms with E-state index in [1.807, 2.05) is 31.2 Å². The number of aryl methyl sites for hydroxylation is 1. The first kappa shape index (κ1) is 16.2. The van der Waals surface area contributed by atoms with Crippen molar-refractivity contribution in [3.8, 4) is 5.75 Å². The first-order valence-corrected chi connectivity index (χ1v) is 8.16. The lowest BCUT2D eigenvalue weighted by molar-refractivity contribution is 0.280. The molecule has 7 nitrogen and oxygen atoms in total. The van der Waals surface area contributed by atoms with Crippen LogP contribution in [0.4, 0.5) is 11.5 Å². The summed E-state index contributed by atoms with van der Waals surface area (Å²) in [6.07, 6.45) is 1.60. The predicted molar refractivity (Wildman–Crippen MR) is 100 cm³/mol. The van der Waals surface area contributed by atoms with Crippen molar-refractivity contribution in [3.63, 3.8) is 0 Å². The van der Waals surface area contributed by atoms with Gasteiger partial charge in [0.25, 0.3) is 5.56 Å². The molecular weight excluding hydrogens is 332 g/mol. The Bertz CT molecular complexity index is 1180. The summed E-state index contributed by atoms with van der Waals surface area (Å²) in [4.78, 5) is 20.5.